The molecule has 0 amide bonds. The number of ether oxygens (including phenoxy) is 1. The van der Waals surface area contributed by atoms with Crippen molar-refractivity contribution in [3.63, 3.8) is 0 Å². The van der Waals surface area contributed by atoms with Gasteiger partial charge in [0.05, 0.1) is 9.92 Å². The molecule has 0 radical (unpaired) electrons. The number of carbonyl (C=O) groups excluding carboxylic acids is 1. The molecule has 1 aliphatic rings. The number of sulfonamides is 1. The minimum absolute atomic E-state index is 0.0128. The van der Waals surface area contributed by atoms with Crippen molar-refractivity contribution >= 4 is 49.6 Å². The average Bonchev–Trinajstić information content (AvgIpc) is 3.33. The molecule has 1 aliphatic heterocycles. The molecule has 4 rings (SSSR count). The minimum Gasteiger partial charge on any atom is -0.486 e. The maximum Gasteiger partial charge on any atom is 0.263 e. The van der Waals surface area contributed by atoms with Crippen LogP contribution in [0.4, 0.5) is 15.2 Å². The number of Topliss-reactive ketones (excluding diaryl/α,β-unsaturated/α-hetero) is 1. The number of thiazole rings is 1. The number of ketones is 1. The Bertz CT molecular complexity index is 1230. The van der Waals surface area contributed by atoms with Gasteiger partial charge in [-0.15, -0.1) is 11.3 Å². The van der Waals surface area contributed by atoms with Crippen molar-refractivity contribution in [1.29, 1.82) is 0 Å². The van der Waals surface area contributed by atoms with Gasteiger partial charge >= 0.3 is 0 Å². The number of halogens is 2. The van der Waals surface area contributed by atoms with Gasteiger partial charge in [0.25, 0.3) is 10.0 Å². The molecule has 0 atom stereocenters. The van der Waals surface area contributed by atoms with E-state index in [4.69, 9.17) is 16.3 Å². The van der Waals surface area contributed by atoms with E-state index >= 15 is 0 Å². The second-order valence-corrected chi connectivity index (χ2v) is 11.0. The van der Waals surface area contributed by atoms with Crippen LogP contribution in [0.1, 0.15) is 19.3 Å². The number of piperidine rings is 1. The van der Waals surface area contributed by atoms with Crippen molar-refractivity contribution in [2.24, 2.45) is 5.92 Å². The summed E-state index contributed by atoms with van der Waals surface area (Å²) in [6.45, 7) is 1.47. The second kappa shape index (κ2) is 10.7. The molecule has 1 fully saturated rings. The standard InChI is InChI=1S/C23H23ClFN3O4S2/c24-21-14-19(3-6-22(21)25)32-15-18(29)13-16-7-10-28(11-8-16)17-1-4-20(5-2-17)34(30,31)27-23-26-9-12-33-23/h1-6,9,12,14,16H,7-8,10-11,13,15H2,(H,26,27). The fraction of sp³-hybridized carbons (Fsp3) is 0.304. The molecule has 2 heterocycles. The van der Waals surface area contributed by atoms with Crippen molar-refractivity contribution in [2.75, 3.05) is 29.3 Å². The fourth-order valence-electron chi connectivity index (χ4n) is 3.79. The van der Waals surface area contributed by atoms with E-state index in [0.717, 1.165) is 31.6 Å². The molecule has 180 valence electrons. The van der Waals surface area contributed by atoms with E-state index < -0.39 is 15.8 Å². The zero-order valence-electron chi connectivity index (χ0n) is 18.1. The maximum absolute atomic E-state index is 13.2. The molecule has 0 unspecified atom stereocenters. The van der Waals surface area contributed by atoms with Gasteiger partial charge in [0.1, 0.15) is 18.2 Å². The van der Waals surface area contributed by atoms with Crippen LogP contribution in [0.3, 0.4) is 0 Å². The smallest absolute Gasteiger partial charge is 0.263 e. The molecule has 2 aromatic carbocycles. The molecule has 0 bridgehead atoms. The van der Waals surface area contributed by atoms with Gasteiger partial charge in [0, 0.05) is 42.8 Å². The summed E-state index contributed by atoms with van der Waals surface area (Å²) in [6, 6.07) is 10.8. The van der Waals surface area contributed by atoms with E-state index in [0.29, 0.717) is 17.3 Å². The van der Waals surface area contributed by atoms with Crippen molar-refractivity contribution in [3.05, 3.63) is 64.9 Å². The molecule has 0 spiro atoms. The Morgan fingerprint density at radius 2 is 1.94 bits per heavy atom. The summed E-state index contributed by atoms with van der Waals surface area (Å²) >= 11 is 6.95. The number of nitrogens with zero attached hydrogens (tertiary/aromatic N) is 2. The van der Waals surface area contributed by atoms with E-state index in [1.165, 1.54) is 35.7 Å². The first-order chi connectivity index (χ1) is 16.3. The zero-order chi connectivity index (χ0) is 24.1. The molecule has 1 saturated heterocycles. The molecule has 1 N–H and O–H groups in total. The molecule has 3 aromatic rings. The Labute approximate surface area is 206 Å². The van der Waals surface area contributed by atoms with E-state index in [2.05, 4.69) is 14.6 Å². The third kappa shape index (κ3) is 6.25. The van der Waals surface area contributed by atoms with E-state index in [9.17, 15) is 17.6 Å². The van der Waals surface area contributed by atoms with Crippen LogP contribution in [0.25, 0.3) is 0 Å². The lowest BCUT2D eigenvalue weighted by molar-refractivity contribution is -0.122. The first-order valence-corrected chi connectivity index (χ1v) is 13.4. The van der Waals surface area contributed by atoms with Crippen molar-refractivity contribution in [3.8, 4) is 5.75 Å². The molecular weight excluding hydrogens is 501 g/mol. The predicted octanol–water partition coefficient (Wildman–Crippen LogP) is 4.99. The quantitative estimate of drug-likeness (QED) is 0.425. The van der Waals surface area contributed by atoms with Gasteiger partial charge in [0.15, 0.2) is 10.9 Å². The lowest BCUT2D eigenvalue weighted by atomic mass is 9.91. The zero-order valence-corrected chi connectivity index (χ0v) is 20.5. The van der Waals surface area contributed by atoms with E-state index in [1.807, 2.05) is 0 Å². The lowest BCUT2D eigenvalue weighted by Gasteiger charge is -2.33. The van der Waals surface area contributed by atoms with Crippen molar-refractivity contribution in [1.82, 2.24) is 4.98 Å². The van der Waals surface area contributed by atoms with Crippen LogP contribution in [0.5, 0.6) is 5.75 Å². The summed E-state index contributed by atoms with van der Waals surface area (Å²) in [5, 5.41) is 1.98. The number of hydrogen-bond acceptors (Lipinski definition) is 7. The van der Waals surface area contributed by atoms with Gasteiger partial charge in [-0.05, 0) is 55.2 Å². The van der Waals surface area contributed by atoms with Crippen LogP contribution in [-0.4, -0.2) is 38.9 Å². The molecule has 0 saturated carbocycles. The predicted molar refractivity (Wildman–Crippen MR) is 131 cm³/mol. The Morgan fingerprint density at radius 1 is 1.21 bits per heavy atom. The Kier molecular flexibility index (Phi) is 7.70. The molecule has 0 aliphatic carbocycles. The summed E-state index contributed by atoms with van der Waals surface area (Å²) in [4.78, 5) is 18.6. The highest BCUT2D eigenvalue weighted by Crippen LogP contribution is 2.27. The number of hydrogen-bond donors (Lipinski definition) is 1. The summed E-state index contributed by atoms with van der Waals surface area (Å²) in [6.07, 6.45) is 3.65. The molecule has 34 heavy (non-hydrogen) atoms. The third-order valence-electron chi connectivity index (χ3n) is 5.59. The first-order valence-electron chi connectivity index (χ1n) is 10.7. The highest BCUT2D eigenvalue weighted by molar-refractivity contribution is 7.93. The van der Waals surface area contributed by atoms with Crippen LogP contribution >= 0.6 is 22.9 Å². The Balaban J connectivity index is 1.24. The van der Waals surface area contributed by atoms with E-state index in [-0.39, 0.29) is 28.2 Å². The van der Waals surface area contributed by atoms with Gasteiger partial charge in [-0.2, -0.15) is 0 Å². The SMILES string of the molecule is O=C(COc1ccc(F)c(Cl)c1)CC1CCN(c2ccc(S(=O)(=O)Nc3nccs3)cc2)CC1. The minimum atomic E-state index is -3.68. The van der Waals surface area contributed by atoms with Gasteiger partial charge in [0.2, 0.25) is 0 Å². The Hall–Kier alpha value is -2.69. The topological polar surface area (TPSA) is 88.6 Å². The average molecular weight is 524 g/mol. The fourth-order valence-corrected chi connectivity index (χ4v) is 5.75. The monoisotopic (exact) mass is 523 g/mol. The van der Waals surface area contributed by atoms with Gasteiger partial charge in [-0.3, -0.25) is 9.52 Å². The number of carbonyl (C=O) groups is 1. The molecular formula is C23H23ClFN3O4S2. The number of nitrogens with one attached hydrogen (secondary N) is 1. The highest BCUT2D eigenvalue weighted by Gasteiger charge is 2.23. The van der Waals surface area contributed by atoms with Gasteiger partial charge in [-0.25, -0.2) is 17.8 Å². The summed E-state index contributed by atoms with van der Waals surface area (Å²) in [5.41, 5.74) is 0.939. The number of benzene rings is 2. The number of anilines is 2. The maximum atomic E-state index is 13.2. The molecule has 7 nitrogen and oxygen atoms in total. The van der Waals surface area contributed by atoms with Crippen LogP contribution in [-0.2, 0) is 14.8 Å². The molecule has 11 heteroatoms. The normalized spacial score (nSPS) is 14.7. The van der Waals surface area contributed by atoms with Crippen LogP contribution in [0, 0.1) is 11.7 Å². The summed E-state index contributed by atoms with van der Waals surface area (Å²) in [5.74, 6) is 0.0742. The number of rotatable bonds is 9. The van der Waals surface area contributed by atoms with Crippen molar-refractivity contribution in [2.45, 2.75) is 24.2 Å². The lowest BCUT2D eigenvalue weighted by Crippen LogP contribution is -2.34. The third-order valence-corrected chi connectivity index (χ3v) is 8.05. The first kappa shape index (κ1) is 24.4. The Morgan fingerprint density at radius 3 is 2.59 bits per heavy atom. The highest BCUT2D eigenvalue weighted by atomic mass is 35.5. The van der Waals surface area contributed by atoms with E-state index in [1.54, 1.807) is 29.6 Å². The van der Waals surface area contributed by atoms with Crippen LogP contribution in [0.2, 0.25) is 5.02 Å². The number of aromatic nitrogens is 1. The molecule has 1 aromatic heterocycles. The van der Waals surface area contributed by atoms with Gasteiger partial charge in [-0.1, -0.05) is 11.6 Å². The van der Waals surface area contributed by atoms with Crippen molar-refractivity contribution < 1.29 is 22.3 Å². The largest absolute Gasteiger partial charge is 0.486 e. The second-order valence-electron chi connectivity index (χ2n) is 7.97. The summed E-state index contributed by atoms with van der Waals surface area (Å²) < 4.78 is 46.1. The van der Waals surface area contributed by atoms with Crippen LogP contribution in [0.15, 0.2) is 58.9 Å². The van der Waals surface area contributed by atoms with Gasteiger partial charge < -0.3 is 9.64 Å². The summed E-state index contributed by atoms with van der Waals surface area (Å²) in [7, 11) is -3.68. The van der Waals surface area contributed by atoms with Crippen LogP contribution < -0.4 is 14.4 Å².